The van der Waals surface area contributed by atoms with Gasteiger partial charge in [-0.3, -0.25) is 14.9 Å². The number of esters is 1. The molecule has 0 amide bonds. The number of Topliss-reactive ketones (excluding diaryl/α,β-unsaturated/α-hetero) is 1. The smallest absolute Gasteiger partial charge is 0.338 e. The van der Waals surface area contributed by atoms with Crippen molar-refractivity contribution in [2.24, 2.45) is 0 Å². The first-order valence-corrected chi connectivity index (χ1v) is 9.48. The van der Waals surface area contributed by atoms with E-state index >= 15 is 0 Å². The monoisotopic (exact) mass is 416 g/mol. The molecule has 0 spiro atoms. The van der Waals surface area contributed by atoms with Gasteiger partial charge in [0.2, 0.25) is 5.78 Å². The average molecular weight is 416 g/mol. The van der Waals surface area contributed by atoms with Gasteiger partial charge in [0, 0.05) is 19.2 Å². The van der Waals surface area contributed by atoms with Crippen molar-refractivity contribution < 1.29 is 28.4 Å². The minimum atomic E-state index is -0.882. The molecule has 9 heteroatoms. The van der Waals surface area contributed by atoms with Crippen LogP contribution in [0.3, 0.4) is 0 Å². The van der Waals surface area contributed by atoms with Crippen molar-refractivity contribution in [2.75, 3.05) is 31.7 Å². The van der Waals surface area contributed by atoms with Gasteiger partial charge in [0.15, 0.2) is 6.61 Å². The number of hydrogen-bond donors (Lipinski definition) is 0. The average Bonchev–Trinajstić information content (AvgIpc) is 2.77. The van der Waals surface area contributed by atoms with Crippen LogP contribution in [-0.4, -0.2) is 43.5 Å². The maximum Gasteiger partial charge on any atom is 0.338 e. The molecule has 0 radical (unpaired) electrons. The fourth-order valence-corrected chi connectivity index (χ4v) is 3.39. The number of halogens is 1. The number of ether oxygens (including phenoxy) is 2. The number of methoxy groups -OCH3 is 1. The predicted molar refractivity (Wildman–Crippen MR) is 107 cm³/mol. The highest BCUT2D eigenvalue weighted by Crippen LogP contribution is 2.31. The van der Waals surface area contributed by atoms with E-state index in [2.05, 4.69) is 0 Å². The van der Waals surface area contributed by atoms with Gasteiger partial charge in [-0.1, -0.05) is 0 Å². The molecular formula is C21H21FN2O6. The van der Waals surface area contributed by atoms with Crippen molar-refractivity contribution in [1.29, 1.82) is 0 Å². The Morgan fingerprint density at radius 1 is 1.13 bits per heavy atom. The molecule has 30 heavy (non-hydrogen) atoms. The van der Waals surface area contributed by atoms with Gasteiger partial charge in [-0.25, -0.2) is 9.18 Å². The van der Waals surface area contributed by atoms with E-state index in [1.807, 2.05) is 4.90 Å². The first-order valence-electron chi connectivity index (χ1n) is 9.48. The number of carbonyl (C=O) groups excluding carboxylic acids is 2. The number of nitro groups is 1. The normalized spacial score (nSPS) is 13.6. The lowest BCUT2D eigenvalue weighted by Gasteiger charge is -2.28. The van der Waals surface area contributed by atoms with E-state index in [4.69, 9.17) is 9.47 Å². The van der Waals surface area contributed by atoms with Crippen LogP contribution in [-0.2, 0) is 4.74 Å². The Labute approximate surface area is 172 Å². The fourth-order valence-electron chi connectivity index (χ4n) is 3.39. The molecule has 0 saturated carbocycles. The van der Waals surface area contributed by atoms with Crippen molar-refractivity contribution >= 4 is 23.1 Å². The SMILES string of the molecule is COc1ccc(F)cc1C(=O)COC(=O)c1ccc(N2CCCCC2)c([N+](=O)[O-])c1. The Morgan fingerprint density at radius 2 is 1.87 bits per heavy atom. The van der Waals surface area contributed by atoms with Crippen LogP contribution < -0.4 is 9.64 Å². The van der Waals surface area contributed by atoms with Crippen molar-refractivity contribution in [3.8, 4) is 5.75 Å². The van der Waals surface area contributed by atoms with Crippen molar-refractivity contribution in [3.63, 3.8) is 0 Å². The van der Waals surface area contributed by atoms with Crippen LogP contribution in [0.15, 0.2) is 36.4 Å². The highest BCUT2D eigenvalue weighted by Gasteiger charge is 2.24. The third kappa shape index (κ3) is 4.73. The highest BCUT2D eigenvalue weighted by molar-refractivity contribution is 6.01. The first-order chi connectivity index (χ1) is 14.4. The molecule has 2 aromatic rings. The minimum Gasteiger partial charge on any atom is -0.496 e. The molecule has 2 aromatic carbocycles. The van der Waals surface area contributed by atoms with Gasteiger partial charge in [-0.05, 0) is 49.6 Å². The Morgan fingerprint density at radius 3 is 2.53 bits per heavy atom. The summed E-state index contributed by atoms with van der Waals surface area (Å²) in [5.41, 5.74) is 0.166. The molecule has 158 valence electrons. The summed E-state index contributed by atoms with van der Waals surface area (Å²) in [6.07, 6.45) is 2.98. The zero-order valence-corrected chi connectivity index (χ0v) is 16.4. The lowest BCUT2D eigenvalue weighted by Crippen LogP contribution is -2.30. The summed E-state index contributed by atoms with van der Waals surface area (Å²) in [6.45, 7) is 0.781. The zero-order chi connectivity index (χ0) is 21.7. The van der Waals surface area contributed by atoms with E-state index in [0.29, 0.717) is 18.8 Å². The highest BCUT2D eigenvalue weighted by atomic mass is 19.1. The van der Waals surface area contributed by atoms with E-state index in [9.17, 15) is 24.1 Å². The largest absolute Gasteiger partial charge is 0.496 e. The third-order valence-electron chi connectivity index (χ3n) is 4.90. The van der Waals surface area contributed by atoms with Crippen molar-refractivity contribution in [2.45, 2.75) is 19.3 Å². The summed E-state index contributed by atoms with van der Waals surface area (Å²) in [5, 5.41) is 11.5. The molecule has 1 fully saturated rings. The van der Waals surface area contributed by atoms with E-state index in [1.165, 1.54) is 25.3 Å². The molecule has 8 nitrogen and oxygen atoms in total. The lowest BCUT2D eigenvalue weighted by molar-refractivity contribution is -0.384. The number of benzene rings is 2. The third-order valence-corrected chi connectivity index (χ3v) is 4.90. The molecule has 1 aliphatic rings. The number of hydrogen-bond acceptors (Lipinski definition) is 7. The molecule has 0 aliphatic carbocycles. The molecule has 0 aromatic heterocycles. The van der Waals surface area contributed by atoms with Crippen LogP contribution in [0.1, 0.15) is 40.0 Å². The van der Waals surface area contributed by atoms with Crippen LogP contribution >= 0.6 is 0 Å². The topological polar surface area (TPSA) is 99.0 Å². The summed E-state index contributed by atoms with van der Waals surface area (Å²) in [7, 11) is 1.33. The maximum absolute atomic E-state index is 13.4. The van der Waals surface area contributed by atoms with E-state index in [-0.39, 0.29) is 22.6 Å². The van der Waals surface area contributed by atoms with E-state index in [1.54, 1.807) is 0 Å². The second kappa shape index (κ2) is 9.34. The lowest BCUT2D eigenvalue weighted by atomic mass is 10.1. The Hall–Kier alpha value is -3.49. The van der Waals surface area contributed by atoms with Crippen molar-refractivity contribution in [3.05, 3.63) is 63.5 Å². The summed E-state index contributed by atoms with van der Waals surface area (Å²) < 4.78 is 23.5. The Kier molecular flexibility index (Phi) is 6.61. The molecule has 1 aliphatic heterocycles. The van der Waals surface area contributed by atoms with Gasteiger partial charge in [0.25, 0.3) is 5.69 Å². The molecule has 0 bridgehead atoms. The summed E-state index contributed by atoms with van der Waals surface area (Å²) in [5.74, 6) is -2.01. The van der Waals surface area contributed by atoms with E-state index in [0.717, 1.165) is 37.5 Å². The molecule has 1 saturated heterocycles. The summed E-state index contributed by atoms with van der Waals surface area (Å²) in [6, 6.07) is 7.55. The summed E-state index contributed by atoms with van der Waals surface area (Å²) >= 11 is 0. The molecular weight excluding hydrogens is 395 g/mol. The maximum atomic E-state index is 13.4. The fraction of sp³-hybridized carbons (Fsp3) is 0.333. The van der Waals surface area contributed by atoms with Gasteiger partial charge in [0.05, 0.1) is 23.2 Å². The van der Waals surface area contributed by atoms with Gasteiger partial charge in [-0.15, -0.1) is 0 Å². The molecule has 1 heterocycles. The van der Waals surface area contributed by atoms with Gasteiger partial charge >= 0.3 is 5.97 Å². The quantitative estimate of drug-likeness (QED) is 0.293. The van der Waals surface area contributed by atoms with Crippen LogP contribution in [0.5, 0.6) is 5.75 Å². The summed E-state index contributed by atoms with van der Waals surface area (Å²) in [4.78, 5) is 37.6. The second-order valence-electron chi connectivity index (χ2n) is 6.85. The minimum absolute atomic E-state index is 0.0403. The first kappa shape index (κ1) is 21.2. The molecule has 3 rings (SSSR count). The standard InChI is InChI=1S/C21H21FN2O6/c1-29-20-8-6-15(22)12-16(20)19(25)13-30-21(26)14-5-7-17(18(11-14)24(27)28)23-9-3-2-4-10-23/h5-8,11-12H,2-4,9-10,13H2,1H3. The van der Waals surface area contributed by atoms with Gasteiger partial charge < -0.3 is 14.4 Å². The molecule has 0 N–H and O–H groups in total. The van der Waals surface area contributed by atoms with E-state index < -0.39 is 29.1 Å². The van der Waals surface area contributed by atoms with Crippen LogP contribution in [0.25, 0.3) is 0 Å². The van der Waals surface area contributed by atoms with Gasteiger partial charge in [0.1, 0.15) is 17.3 Å². The number of nitro benzene ring substituents is 1. The molecule has 0 unspecified atom stereocenters. The second-order valence-corrected chi connectivity index (χ2v) is 6.85. The Bertz CT molecular complexity index is 972. The number of carbonyl (C=O) groups is 2. The zero-order valence-electron chi connectivity index (χ0n) is 16.4. The molecule has 0 atom stereocenters. The van der Waals surface area contributed by atoms with Crippen LogP contribution in [0, 0.1) is 15.9 Å². The number of nitrogens with zero attached hydrogens (tertiary/aromatic N) is 2. The van der Waals surface area contributed by atoms with Crippen LogP contribution in [0.2, 0.25) is 0 Å². The number of anilines is 1. The van der Waals surface area contributed by atoms with Crippen molar-refractivity contribution in [1.82, 2.24) is 0 Å². The predicted octanol–water partition coefficient (Wildman–Crippen LogP) is 3.77. The number of ketones is 1. The number of rotatable bonds is 7. The van der Waals surface area contributed by atoms with Gasteiger partial charge in [-0.2, -0.15) is 0 Å². The van der Waals surface area contributed by atoms with Crippen LogP contribution in [0.4, 0.5) is 15.8 Å². The Balaban J connectivity index is 1.74. The number of piperidine rings is 1.